The summed E-state index contributed by atoms with van der Waals surface area (Å²) >= 11 is 1.16. The first kappa shape index (κ1) is 65.8. The highest BCUT2D eigenvalue weighted by molar-refractivity contribution is 8.13. The van der Waals surface area contributed by atoms with Crippen molar-refractivity contribution >= 4 is 69.1 Å². The van der Waals surface area contributed by atoms with Gasteiger partial charge in [0.2, 0.25) is 11.8 Å². The number of ether oxygens (including phenoxy) is 1. The van der Waals surface area contributed by atoms with Crippen LogP contribution in [0, 0.1) is 5.41 Å². The Kier molecular flexibility index (Phi) is 30.6. The van der Waals surface area contributed by atoms with Crippen molar-refractivity contribution in [3.05, 3.63) is 12.7 Å². The van der Waals surface area contributed by atoms with E-state index >= 15 is 0 Å². The van der Waals surface area contributed by atoms with Gasteiger partial charge in [-0.3, -0.25) is 32.5 Å². The molecule has 0 bridgehead atoms. The number of thioether (sulfide) groups is 1. The number of hydrogen-bond donors (Lipinski definition) is 9. The zero-order valence-corrected chi connectivity index (χ0v) is 46.8. The lowest BCUT2D eigenvalue weighted by molar-refractivity contribution is -0.137. The summed E-state index contributed by atoms with van der Waals surface area (Å²) in [6.45, 7) is 2.86. The van der Waals surface area contributed by atoms with E-state index in [-0.39, 0.29) is 41.6 Å². The SMILES string of the molecule is CCCCCCCCCCCCCCCCCCCCCCCCC(=O)SCCNC(=O)CCNC(=O)[C@H](O)C(C)(C)COP(=O)(O)OP(=O)(O)OC[C@H]1O[C@@H](n2cnc3c(N)ncnc32)[C@@H](O)C1OP(=O)(O)O. The summed E-state index contributed by atoms with van der Waals surface area (Å²) in [6, 6.07) is 0. The van der Waals surface area contributed by atoms with Gasteiger partial charge in [0.05, 0.1) is 19.5 Å². The molecule has 3 heterocycles. The average Bonchev–Trinajstić information content (AvgIpc) is 3.90. The molecule has 0 saturated carbocycles. The van der Waals surface area contributed by atoms with Crippen molar-refractivity contribution in [1.29, 1.82) is 0 Å². The van der Waals surface area contributed by atoms with Crippen LogP contribution in [0.2, 0.25) is 0 Å². The maximum Gasteiger partial charge on any atom is 0.481 e. The minimum Gasteiger partial charge on any atom is -0.386 e. The second-order valence-corrected chi connectivity index (χ2v) is 24.9. The Hall–Kier alpha value is -2.44. The van der Waals surface area contributed by atoms with Crippen LogP contribution in [0.15, 0.2) is 12.7 Å². The zero-order valence-electron chi connectivity index (χ0n) is 43.3. The van der Waals surface area contributed by atoms with Gasteiger partial charge in [-0.25, -0.2) is 28.6 Å². The molecule has 2 aromatic heterocycles. The highest BCUT2D eigenvalue weighted by atomic mass is 32.2. The van der Waals surface area contributed by atoms with Crippen LogP contribution in [-0.2, 0) is 50.7 Å². The number of fused-ring (bicyclic) bond motifs is 1. The molecule has 24 nitrogen and oxygen atoms in total. The smallest absolute Gasteiger partial charge is 0.386 e. The molecule has 10 N–H and O–H groups in total. The normalized spacial score (nSPS) is 19.3. The van der Waals surface area contributed by atoms with Gasteiger partial charge in [0, 0.05) is 37.1 Å². The van der Waals surface area contributed by atoms with Gasteiger partial charge in [0.15, 0.2) is 22.8 Å². The van der Waals surface area contributed by atoms with Gasteiger partial charge in [-0.1, -0.05) is 167 Å². The third kappa shape index (κ3) is 26.3. The van der Waals surface area contributed by atoms with Gasteiger partial charge in [0.1, 0.15) is 36.3 Å². The fourth-order valence-corrected chi connectivity index (χ4v) is 11.8. The first-order valence-corrected chi connectivity index (χ1v) is 31.6. The van der Waals surface area contributed by atoms with Crippen LogP contribution >= 0.6 is 35.2 Å². The molecule has 0 radical (unpaired) electrons. The predicted octanol–water partition coefficient (Wildman–Crippen LogP) is 7.66. The van der Waals surface area contributed by atoms with E-state index in [9.17, 15) is 57.9 Å². The third-order valence-corrected chi connectivity index (χ3v) is 16.5. The molecule has 1 aliphatic rings. The van der Waals surface area contributed by atoms with Crippen LogP contribution in [0.25, 0.3) is 11.2 Å². The first-order valence-electron chi connectivity index (χ1n) is 26.1. The molecule has 7 atom stereocenters. The molecular weight excluding hydrogens is 1050 g/mol. The fraction of sp³-hybridized carbons (Fsp3) is 0.826. The number of rotatable bonds is 42. The number of nitrogen functional groups attached to an aromatic ring is 1. The Labute approximate surface area is 439 Å². The predicted molar refractivity (Wildman–Crippen MR) is 279 cm³/mol. The van der Waals surface area contributed by atoms with E-state index in [1.807, 2.05) is 0 Å². The maximum absolute atomic E-state index is 12.8. The highest BCUT2D eigenvalue weighted by Crippen LogP contribution is 2.61. The van der Waals surface area contributed by atoms with Crippen molar-refractivity contribution in [3.63, 3.8) is 0 Å². The van der Waals surface area contributed by atoms with Gasteiger partial charge < -0.3 is 50.9 Å². The largest absolute Gasteiger partial charge is 0.481 e. The Morgan fingerprint density at radius 2 is 1.30 bits per heavy atom. The number of carbonyl (C=O) groups excluding carboxylic acids is 3. The van der Waals surface area contributed by atoms with E-state index in [1.54, 1.807) is 0 Å². The van der Waals surface area contributed by atoms with Crippen LogP contribution in [0.1, 0.15) is 181 Å². The van der Waals surface area contributed by atoms with Gasteiger partial charge in [-0.2, -0.15) is 4.31 Å². The monoisotopic (exact) mass is 1130 g/mol. The molecule has 0 aliphatic carbocycles. The number of imidazole rings is 1. The number of hydrogen-bond acceptors (Lipinski definition) is 18. The number of nitrogens with one attached hydrogen (secondary N) is 2. The Morgan fingerprint density at radius 1 is 0.770 bits per heavy atom. The molecule has 1 fully saturated rings. The van der Waals surface area contributed by atoms with Crippen LogP contribution < -0.4 is 16.4 Å². The number of unbranched alkanes of at least 4 members (excludes halogenated alkanes) is 21. The van der Waals surface area contributed by atoms with Gasteiger partial charge in [-0.05, 0) is 6.42 Å². The zero-order chi connectivity index (χ0) is 54.6. The van der Waals surface area contributed by atoms with Crippen LogP contribution in [0.4, 0.5) is 5.82 Å². The number of aliphatic hydroxyl groups is 2. The molecule has 1 aliphatic heterocycles. The summed E-state index contributed by atoms with van der Waals surface area (Å²) in [6.07, 6.45) is 22.3. The lowest BCUT2D eigenvalue weighted by Gasteiger charge is -2.30. The molecule has 2 aromatic rings. The highest BCUT2D eigenvalue weighted by Gasteiger charge is 2.50. The molecule has 28 heteroatoms. The lowest BCUT2D eigenvalue weighted by atomic mass is 9.87. The van der Waals surface area contributed by atoms with Crippen molar-refractivity contribution in [2.75, 3.05) is 37.8 Å². The number of carbonyl (C=O) groups is 3. The van der Waals surface area contributed by atoms with Gasteiger partial charge in [-0.15, -0.1) is 0 Å². The molecule has 426 valence electrons. The number of aromatic nitrogens is 4. The number of aliphatic hydroxyl groups excluding tert-OH is 2. The number of nitrogens with zero attached hydrogens (tertiary/aromatic N) is 4. The van der Waals surface area contributed by atoms with E-state index < -0.39 is 84.6 Å². The molecular formula is C46H84N7O17P3S. The molecule has 2 amide bonds. The minimum atomic E-state index is -5.58. The number of phosphoric ester groups is 3. The number of phosphoric acid groups is 3. The maximum atomic E-state index is 12.8. The minimum absolute atomic E-state index is 0.0347. The molecule has 3 rings (SSSR count). The summed E-state index contributed by atoms with van der Waals surface area (Å²) < 4.78 is 62.6. The lowest BCUT2D eigenvalue weighted by Crippen LogP contribution is -2.46. The van der Waals surface area contributed by atoms with E-state index in [4.69, 9.17) is 19.5 Å². The third-order valence-electron chi connectivity index (χ3n) is 12.5. The van der Waals surface area contributed by atoms with E-state index in [0.29, 0.717) is 12.2 Å². The van der Waals surface area contributed by atoms with Crippen LogP contribution in [0.5, 0.6) is 0 Å². The summed E-state index contributed by atoms with van der Waals surface area (Å²) in [4.78, 5) is 88.6. The standard InChI is InChI=1S/C46H84N7O17P3S/c1-4-5-6-7-8-9-10-11-12-13-14-15-16-17-18-19-20-21-22-23-24-25-26-37(55)74-30-29-48-36(54)27-28-49-44(58)41(57)46(2,3)32-67-73(64,65)70-72(62,63)66-31-35-40(69-71(59,60)61)39(56)45(68-35)53-34-52-38-42(47)50-33-51-43(38)53/h33-35,39-41,45,56-57H,4-32H2,1-3H3,(H,48,54)(H,49,58)(H,62,63)(H,64,65)(H2,47,50,51)(H2,59,60,61)/t35-,39+,40?,41+,45-/m1/s1. The number of anilines is 1. The number of nitrogens with two attached hydrogens (primary N) is 1. The summed E-state index contributed by atoms with van der Waals surface area (Å²) in [5, 5.41) is 26.7. The van der Waals surface area contributed by atoms with E-state index in [0.717, 1.165) is 48.2 Å². The molecule has 74 heavy (non-hydrogen) atoms. The Balaban J connectivity index is 1.21. The van der Waals surface area contributed by atoms with Gasteiger partial charge >= 0.3 is 23.5 Å². The van der Waals surface area contributed by atoms with Crippen molar-refractivity contribution in [2.24, 2.45) is 5.41 Å². The summed E-state index contributed by atoms with van der Waals surface area (Å²) in [5.74, 6) is -1.01. The van der Waals surface area contributed by atoms with Crippen molar-refractivity contribution in [3.8, 4) is 0 Å². The first-order chi connectivity index (χ1) is 35.1. The van der Waals surface area contributed by atoms with Crippen molar-refractivity contribution in [1.82, 2.24) is 30.2 Å². The van der Waals surface area contributed by atoms with E-state index in [2.05, 4.69) is 41.3 Å². The molecule has 0 aromatic carbocycles. The molecule has 1 saturated heterocycles. The number of amides is 2. The summed E-state index contributed by atoms with van der Waals surface area (Å²) in [5.41, 5.74) is 4.30. The summed E-state index contributed by atoms with van der Waals surface area (Å²) in [7, 11) is -16.4. The average molecular weight is 1130 g/mol. The van der Waals surface area contributed by atoms with Crippen molar-refractivity contribution < 1.29 is 80.5 Å². The topological polar surface area (TPSA) is 364 Å². The Bertz CT molecular complexity index is 2120. The second kappa shape index (κ2) is 34.4. The molecule has 0 spiro atoms. The van der Waals surface area contributed by atoms with Crippen LogP contribution in [-0.4, -0.2) is 123 Å². The van der Waals surface area contributed by atoms with Crippen LogP contribution in [0.3, 0.4) is 0 Å². The van der Waals surface area contributed by atoms with E-state index in [1.165, 1.54) is 136 Å². The second-order valence-electron chi connectivity index (χ2n) is 19.5. The van der Waals surface area contributed by atoms with Crippen molar-refractivity contribution in [2.45, 2.75) is 206 Å². The quantitative estimate of drug-likeness (QED) is 0.0227. The Morgan fingerprint density at radius 3 is 1.84 bits per heavy atom. The molecule has 3 unspecified atom stereocenters. The van der Waals surface area contributed by atoms with Gasteiger partial charge in [0.25, 0.3) is 0 Å². The fourth-order valence-electron chi connectivity index (χ4n) is 8.25.